The van der Waals surface area contributed by atoms with E-state index in [-0.39, 0.29) is 18.1 Å². The van der Waals surface area contributed by atoms with Gasteiger partial charge in [0.1, 0.15) is 6.04 Å². The molecule has 2 atom stereocenters. The van der Waals surface area contributed by atoms with Gasteiger partial charge in [0, 0.05) is 12.1 Å². The van der Waals surface area contributed by atoms with E-state index in [4.69, 9.17) is 4.74 Å². The van der Waals surface area contributed by atoms with Gasteiger partial charge in [-0.25, -0.2) is 0 Å². The first-order valence-electron chi connectivity index (χ1n) is 7.07. The molecule has 4 nitrogen and oxygen atoms in total. The SMILES string of the molecule is CC(C)OC(=O)C1CCC(CCN(C)C(C)C)N1. The van der Waals surface area contributed by atoms with Gasteiger partial charge in [-0.2, -0.15) is 0 Å². The van der Waals surface area contributed by atoms with Crippen LogP contribution in [0, 0.1) is 0 Å². The molecule has 0 amide bonds. The highest BCUT2D eigenvalue weighted by Crippen LogP contribution is 2.17. The summed E-state index contributed by atoms with van der Waals surface area (Å²) >= 11 is 0. The Labute approximate surface area is 111 Å². The number of hydrogen-bond acceptors (Lipinski definition) is 4. The van der Waals surface area contributed by atoms with Crippen LogP contribution in [-0.2, 0) is 9.53 Å². The Morgan fingerprint density at radius 1 is 1.33 bits per heavy atom. The zero-order valence-electron chi connectivity index (χ0n) is 12.4. The molecule has 1 aliphatic rings. The summed E-state index contributed by atoms with van der Waals surface area (Å²) in [4.78, 5) is 14.1. The summed E-state index contributed by atoms with van der Waals surface area (Å²) in [6.07, 6.45) is 3.05. The average Bonchev–Trinajstić information content (AvgIpc) is 2.73. The predicted molar refractivity (Wildman–Crippen MR) is 73.6 cm³/mol. The van der Waals surface area contributed by atoms with Crippen LogP contribution in [0.15, 0.2) is 0 Å². The van der Waals surface area contributed by atoms with Gasteiger partial charge >= 0.3 is 5.97 Å². The number of nitrogens with one attached hydrogen (secondary N) is 1. The number of nitrogens with zero attached hydrogens (tertiary/aromatic N) is 1. The first kappa shape index (κ1) is 15.4. The van der Waals surface area contributed by atoms with Crippen molar-refractivity contribution in [2.75, 3.05) is 13.6 Å². The highest BCUT2D eigenvalue weighted by Gasteiger charge is 2.30. The topological polar surface area (TPSA) is 41.6 Å². The fourth-order valence-electron chi connectivity index (χ4n) is 2.16. The van der Waals surface area contributed by atoms with E-state index in [0.717, 1.165) is 25.8 Å². The normalized spacial score (nSPS) is 24.2. The molecule has 0 aromatic carbocycles. The Kier molecular flexibility index (Phi) is 6.09. The van der Waals surface area contributed by atoms with Gasteiger partial charge in [-0.15, -0.1) is 0 Å². The minimum absolute atomic E-state index is 0.0228. The molecule has 1 rings (SSSR count). The number of ether oxygens (including phenoxy) is 1. The Balaban J connectivity index is 2.27. The quantitative estimate of drug-likeness (QED) is 0.736. The Hall–Kier alpha value is -0.610. The summed E-state index contributed by atoms with van der Waals surface area (Å²) in [5, 5.41) is 3.39. The maximum atomic E-state index is 11.8. The second-order valence-corrected chi connectivity index (χ2v) is 5.84. The summed E-state index contributed by atoms with van der Waals surface area (Å²) in [6.45, 7) is 9.25. The molecule has 1 saturated heterocycles. The van der Waals surface area contributed by atoms with E-state index in [1.807, 2.05) is 13.8 Å². The van der Waals surface area contributed by atoms with Gasteiger partial charge in [-0.3, -0.25) is 4.79 Å². The summed E-state index contributed by atoms with van der Waals surface area (Å²) < 4.78 is 5.23. The molecule has 0 saturated carbocycles. The van der Waals surface area contributed by atoms with Crippen molar-refractivity contribution >= 4 is 5.97 Å². The summed E-state index contributed by atoms with van der Waals surface area (Å²) in [7, 11) is 2.14. The first-order chi connectivity index (χ1) is 8.40. The molecule has 1 heterocycles. The molecule has 0 aromatic rings. The van der Waals surface area contributed by atoms with E-state index in [9.17, 15) is 4.79 Å². The molecule has 18 heavy (non-hydrogen) atoms. The standard InChI is InChI=1S/C14H28N2O2/c1-10(2)16(5)9-8-12-6-7-13(15-12)14(17)18-11(3)4/h10-13,15H,6-9H2,1-5H3. The van der Waals surface area contributed by atoms with E-state index in [1.165, 1.54) is 0 Å². The summed E-state index contributed by atoms with van der Waals surface area (Å²) in [5.74, 6) is -0.0929. The molecule has 0 bridgehead atoms. The molecule has 2 unspecified atom stereocenters. The lowest BCUT2D eigenvalue weighted by atomic mass is 10.1. The van der Waals surface area contributed by atoms with E-state index in [1.54, 1.807) is 0 Å². The van der Waals surface area contributed by atoms with E-state index in [2.05, 4.69) is 31.1 Å². The zero-order valence-corrected chi connectivity index (χ0v) is 12.4. The maximum absolute atomic E-state index is 11.8. The lowest BCUT2D eigenvalue weighted by molar-refractivity contribution is -0.149. The number of esters is 1. The van der Waals surface area contributed by atoms with E-state index in [0.29, 0.717) is 12.1 Å². The summed E-state index contributed by atoms with van der Waals surface area (Å²) in [6, 6.07) is 0.936. The number of rotatable bonds is 6. The maximum Gasteiger partial charge on any atom is 0.323 e. The van der Waals surface area contributed by atoms with E-state index < -0.39 is 0 Å². The molecule has 0 spiro atoms. The van der Waals surface area contributed by atoms with Crippen LogP contribution in [-0.4, -0.2) is 48.7 Å². The average molecular weight is 256 g/mol. The molecule has 1 fully saturated rings. The van der Waals surface area contributed by atoms with Crippen molar-refractivity contribution in [3.05, 3.63) is 0 Å². The van der Waals surface area contributed by atoms with Crippen LogP contribution in [0.4, 0.5) is 0 Å². The third-order valence-electron chi connectivity index (χ3n) is 3.59. The fourth-order valence-corrected chi connectivity index (χ4v) is 2.16. The molecule has 1 aliphatic heterocycles. The van der Waals surface area contributed by atoms with Crippen molar-refractivity contribution in [1.29, 1.82) is 0 Å². The van der Waals surface area contributed by atoms with Crippen LogP contribution in [0.1, 0.15) is 47.0 Å². The molecule has 106 valence electrons. The molecule has 0 aliphatic carbocycles. The van der Waals surface area contributed by atoms with Crippen LogP contribution < -0.4 is 5.32 Å². The van der Waals surface area contributed by atoms with Crippen LogP contribution in [0.2, 0.25) is 0 Å². The molecular weight excluding hydrogens is 228 g/mol. The van der Waals surface area contributed by atoms with Crippen LogP contribution in [0.3, 0.4) is 0 Å². The third-order valence-corrected chi connectivity index (χ3v) is 3.59. The van der Waals surface area contributed by atoms with Crippen molar-refractivity contribution in [3.63, 3.8) is 0 Å². The van der Waals surface area contributed by atoms with Crippen molar-refractivity contribution < 1.29 is 9.53 Å². The van der Waals surface area contributed by atoms with Crippen molar-refractivity contribution in [3.8, 4) is 0 Å². The van der Waals surface area contributed by atoms with Gasteiger partial charge in [0.15, 0.2) is 0 Å². The lowest BCUT2D eigenvalue weighted by Crippen LogP contribution is -2.39. The minimum Gasteiger partial charge on any atom is -0.462 e. The molecular formula is C14H28N2O2. The summed E-state index contributed by atoms with van der Waals surface area (Å²) in [5.41, 5.74) is 0. The Morgan fingerprint density at radius 3 is 2.56 bits per heavy atom. The fraction of sp³-hybridized carbons (Fsp3) is 0.929. The Morgan fingerprint density at radius 2 is 2.00 bits per heavy atom. The van der Waals surface area contributed by atoms with Gasteiger partial charge in [-0.1, -0.05) is 0 Å². The van der Waals surface area contributed by atoms with Crippen LogP contribution >= 0.6 is 0 Å². The van der Waals surface area contributed by atoms with Gasteiger partial charge < -0.3 is 15.0 Å². The molecule has 1 N–H and O–H groups in total. The van der Waals surface area contributed by atoms with Crippen molar-refractivity contribution in [2.45, 2.75) is 71.2 Å². The monoisotopic (exact) mass is 256 g/mol. The Bertz CT molecular complexity index is 267. The third kappa shape index (κ3) is 4.94. The largest absolute Gasteiger partial charge is 0.462 e. The smallest absolute Gasteiger partial charge is 0.323 e. The number of carbonyl (C=O) groups is 1. The lowest BCUT2D eigenvalue weighted by Gasteiger charge is -2.23. The molecule has 4 heteroatoms. The molecule has 0 aromatic heterocycles. The number of carbonyl (C=O) groups excluding carboxylic acids is 1. The van der Waals surface area contributed by atoms with Gasteiger partial charge in [-0.05, 0) is 60.5 Å². The second-order valence-electron chi connectivity index (χ2n) is 5.84. The first-order valence-corrected chi connectivity index (χ1v) is 7.07. The van der Waals surface area contributed by atoms with Gasteiger partial charge in [0.25, 0.3) is 0 Å². The second kappa shape index (κ2) is 7.10. The van der Waals surface area contributed by atoms with Crippen molar-refractivity contribution in [1.82, 2.24) is 10.2 Å². The zero-order chi connectivity index (χ0) is 13.7. The van der Waals surface area contributed by atoms with Crippen LogP contribution in [0.5, 0.6) is 0 Å². The molecule has 0 radical (unpaired) electrons. The van der Waals surface area contributed by atoms with Crippen molar-refractivity contribution in [2.24, 2.45) is 0 Å². The van der Waals surface area contributed by atoms with Gasteiger partial charge in [0.05, 0.1) is 6.10 Å². The minimum atomic E-state index is -0.0956. The highest BCUT2D eigenvalue weighted by atomic mass is 16.5. The van der Waals surface area contributed by atoms with E-state index >= 15 is 0 Å². The van der Waals surface area contributed by atoms with Crippen LogP contribution in [0.25, 0.3) is 0 Å². The number of hydrogen-bond donors (Lipinski definition) is 1. The predicted octanol–water partition coefficient (Wildman–Crippen LogP) is 1.79. The highest BCUT2D eigenvalue weighted by molar-refractivity contribution is 5.76. The van der Waals surface area contributed by atoms with Gasteiger partial charge in [0.2, 0.25) is 0 Å².